The summed E-state index contributed by atoms with van der Waals surface area (Å²) >= 11 is 1.46. The summed E-state index contributed by atoms with van der Waals surface area (Å²) < 4.78 is 38.9. The standard InChI is InChI=1S/C23H25F3N4OS/c1-13-4-5-15(3)22(31,11-13)20-28-12-18(32-20)16-8-14(2)9-17(10-16)29-21-27-7-6-19(30-21)23(24,25)26/h6-10,12-13,15,31H,4-5,11H2,1-3H3,(H,27,29,30). The molecule has 4 rings (SSSR count). The molecule has 5 nitrogen and oxygen atoms in total. The number of hydrogen-bond acceptors (Lipinski definition) is 6. The molecule has 3 atom stereocenters. The summed E-state index contributed by atoms with van der Waals surface area (Å²) in [7, 11) is 0. The number of thiazole rings is 1. The zero-order valence-corrected chi connectivity index (χ0v) is 18.9. The molecule has 1 fully saturated rings. The Labute approximate surface area is 188 Å². The molecule has 0 bridgehead atoms. The van der Waals surface area contributed by atoms with Gasteiger partial charge in [0, 0.05) is 18.1 Å². The van der Waals surface area contributed by atoms with Crippen LogP contribution in [0, 0.1) is 18.8 Å². The summed E-state index contributed by atoms with van der Waals surface area (Å²) in [6.07, 6.45) is 1.05. The third-order valence-corrected chi connectivity index (χ3v) is 7.22. The van der Waals surface area contributed by atoms with E-state index in [1.54, 1.807) is 6.20 Å². The number of aromatic nitrogens is 3. The van der Waals surface area contributed by atoms with E-state index in [0.29, 0.717) is 23.0 Å². The number of nitrogens with one attached hydrogen (secondary N) is 1. The van der Waals surface area contributed by atoms with Crippen molar-refractivity contribution in [2.24, 2.45) is 11.8 Å². The Bertz CT molecular complexity index is 1120. The number of alkyl halides is 3. The third kappa shape index (κ3) is 4.63. The van der Waals surface area contributed by atoms with Gasteiger partial charge in [-0.05, 0) is 60.9 Å². The van der Waals surface area contributed by atoms with Gasteiger partial charge in [0.15, 0.2) is 0 Å². The van der Waals surface area contributed by atoms with Gasteiger partial charge in [0.05, 0.1) is 4.88 Å². The minimum atomic E-state index is -4.54. The smallest absolute Gasteiger partial charge is 0.382 e. The highest BCUT2D eigenvalue weighted by atomic mass is 32.1. The van der Waals surface area contributed by atoms with Crippen molar-refractivity contribution in [3.05, 3.63) is 52.9 Å². The topological polar surface area (TPSA) is 70.9 Å². The maximum Gasteiger partial charge on any atom is 0.433 e. The van der Waals surface area contributed by atoms with Crippen molar-refractivity contribution < 1.29 is 18.3 Å². The lowest BCUT2D eigenvalue weighted by Gasteiger charge is -2.39. The van der Waals surface area contributed by atoms with Crippen molar-refractivity contribution >= 4 is 23.0 Å². The Kier molecular flexibility index (Phi) is 5.98. The Morgan fingerprint density at radius 2 is 1.94 bits per heavy atom. The minimum Gasteiger partial charge on any atom is -0.382 e. The van der Waals surface area contributed by atoms with Gasteiger partial charge in [0.1, 0.15) is 16.3 Å². The summed E-state index contributed by atoms with van der Waals surface area (Å²) in [6.45, 7) is 6.12. The van der Waals surface area contributed by atoms with Gasteiger partial charge in [-0.2, -0.15) is 13.2 Å². The molecule has 2 N–H and O–H groups in total. The first-order chi connectivity index (χ1) is 15.0. The summed E-state index contributed by atoms with van der Waals surface area (Å²) in [5.74, 6) is 0.442. The maximum absolute atomic E-state index is 13.0. The van der Waals surface area contributed by atoms with Crippen LogP contribution in [0.2, 0.25) is 0 Å². The van der Waals surface area contributed by atoms with Crippen LogP contribution in [0.1, 0.15) is 49.4 Å². The van der Waals surface area contributed by atoms with Gasteiger partial charge in [0.2, 0.25) is 5.95 Å². The van der Waals surface area contributed by atoms with E-state index in [1.165, 1.54) is 11.3 Å². The number of aryl methyl sites for hydroxylation is 1. The molecular weight excluding hydrogens is 437 g/mol. The predicted molar refractivity (Wildman–Crippen MR) is 119 cm³/mol. The van der Waals surface area contributed by atoms with Gasteiger partial charge in [-0.1, -0.05) is 26.3 Å². The average Bonchev–Trinajstić information content (AvgIpc) is 3.21. The lowest BCUT2D eigenvalue weighted by Crippen LogP contribution is -2.39. The molecule has 0 aliphatic heterocycles. The number of benzene rings is 1. The molecule has 2 aromatic heterocycles. The average molecular weight is 463 g/mol. The van der Waals surface area contributed by atoms with Crippen LogP contribution in [0.4, 0.5) is 24.8 Å². The van der Waals surface area contributed by atoms with E-state index in [-0.39, 0.29) is 11.9 Å². The molecule has 3 unspecified atom stereocenters. The van der Waals surface area contributed by atoms with Crippen molar-refractivity contribution in [3.63, 3.8) is 0 Å². The van der Waals surface area contributed by atoms with Gasteiger partial charge >= 0.3 is 6.18 Å². The SMILES string of the molecule is Cc1cc(Nc2nccc(C(F)(F)F)n2)cc(-c2cnc(C3(O)CC(C)CCC3C)s2)c1. The minimum absolute atomic E-state index is 0.124. The quantitative estimate of drug-likeness (QED) is 0.475. The van der Waals surface area contributed by atoms with E-state index < -0.39 is 17.5 Å². The predicted octanol–water partition coefficient (Wildman–Crippen LogP) is 6.31. The van der Waals surface area contributed by atoms with Crippen LogP contribution < -0.4 is 5.32 Å². The van der Waals surface area contributed by atoms with Gasteiger partial charge in [0.25, 0.3) is 0 Å². The first-order valence-corrected chi connectivity index (χ1v) is 11.3. The van der Waals surface area contributed by atoms with E-state index in [9.17, 15) is 18.3 Å². The first kappa shape index (κ1) is 22.7. The highest BCUT2D eigenvalue weighted by Gasteiger charge is 2.42. The van der Waals surface area contributed by atoms with E-state index in [2.05, 4.69) is 34.1 Å². The monoisotopic (exact) mass is 462 g/mol. The zero-order valence-electron chi connectivity index (χ0n) is 18.1. The summed E-state index contributed by atoms with van der Waals surface area (Å²) in [4.78, 5) is 12.9. The van der Waals surface area contributed by atoms with E-state index >= 15 is 0 Å². The largest absolute Gasteiger partial charge is 0.433 e. The van der Waals surface area contributed by atoms with Crippen molar-refractivity contribution in [3.8, 4) is 10.4 Å². The molecule has 1 aromatic carbocycles. The second-order valence-corrected chi connectivity index (χ2v) is 9.75. The number of anilines is 2. The Balaban J connectivity index is 1.62. The lowest BCUT2D eigenvalue weighted by atomic mass is 9.72. The molecule has 170 valence electrons. The molecule has 1 aliphatic rings. The number of rotatable bonds is 4. The van der Waals surface area contributed by atoms with E-state index in [4.69, 9.17) is 0 Å². The molecule has 0 amide bonds. The number of halogens is 3. The van der Waals surface area contributed by atoms with Crippen LogP contribution in [-0.4, -0.2) is 20.1 Å². The first-order valence-electron chi connectivity index (χ1n) is 10.5. The van der Waals surface area contributed by atoms with Crippen LogP contribution in [-0.2, 0) is 11.8 Å². The fraction of sp³-hybridized carbons (Fsp3) is 0.435. The van der Waals surface area contributed by atoms with Gasteiger partial charge in [-0.15, -0.1) is 11.3 Å². The molecule has 3 aromatic rings. The molecule has 1 aliphatic carbocycles. The number of hydrogen-bond donors (Lipinski definition) is 2. The third-order valence-electron chi connectivity index (χ3n) is 6.01. The van der Waals surface area contributed by atoms with E-state index in [0.717, 1.165) is 41.1 Å². The maximum atomic E-state index is 13.0. The Hall–Kier alpha value is -2.52. The fourth-order valence-electron chi connectivity index (χ4n) is 4.22. The molecule has 32 heavy (non-hydrogen) atoms. The summed E-state index contributed by atoms with van der Waals surface area (Å²) in [5, 5.41) is 14.9. The van der Waals surface area contributed by atoms with Crippen LogP contribution >= 0.6 is 11.3 Å². The highest BCUT2D eigenvalue weighted by molar-refractivity contribution is 7.15. The normalized spacial score (nSPS) is 23.8. The second kappa shape index (κ2) is 8.44. The van der Waals surface area contributed by atoms with Crippen molar-refractivity contribution in [1.82, 2.24) is 15.0 Å². The fourth-order valence-corrected chi connectivity index (χ4v) is 5.33. The summed E-state index contributed by atoms with van der Waals surface area (Å²) in [6, 6.07) is 6.45. The Morgan fingerprint density at radius 1 is 1.16 bits per heavy atom. The molecular formula is C23H25F3N4OS. The molecule has 0 spiro atoms. The van der Waals surface area contributed by atoms with Crippen molar-refractivity contribution in [1.29, 1.82) is 0 Å². The van der Waals surface area contributed by atoms with Gasteiger partial charge < -0.3 is 10.4 Å². The number of aliphatic hydroxyl groups is 1. The molecule has 0 saturated heterocycles. The van der Waals surface area contributed by atoms with Gasteiger partial charge in [-0.3, -0.25) is 0 Å². The van der Waals surface area contributed by atoms with Crippen LogP contribution in [0.3, 0.4) is 0 Å². The van der Waals surface area contributed by atoms with Crippen molar-refractivity contribution in [2.45, 2.75) is 51.8 Å². The van der Waals surface area contributed by atoms with Crippen LogP contribution in [0.25, 0.3) is 10.4 Å². The van der Waals surface area contributed by atoms with E-state index in [1.807, 2.05) is 25.1 Å². The van der Waals surface area contributed by atoms with Crippen molar-refractivity contribution in [2.75, 3.05) is 5.32 Å². The summed E-state index contributed by atoms with van der Waals surface area (Å²) in [5.41, 5.74) is 0.428. The Morgan fingerprint density at radius 3 is 2.69 bits per heavy atom. The van der Waals surface area contributed by atoms with Crippen LogP contribution in [0.15, 0.2) is 36.7 Å². The second-order valence-electron chi connectivity index (χ2n) is 8.72. The van der Waals surface area contributed by atoms with Gasteiger partial charge in [-0.25, -0.2) is 15.0 Å². The van der Waals surface area contributed by atoms with Crippen LogP contribution in [0.5, 0.6) is 0 Å². The molecule has 0 radical (unpaired) electrons. The highest BCUT2D eigenvalue weighted by Crippen LogP contribution is 2.46. The number of nitrogens with zero attached hydrogens (tertiary/aromatic N) is 3. The molecule has 2 heterocycles. The molecule has 1 saturated carbocycles. The zero-order chi connectivity index (χ0) is 23.1. The molecule has 9 heteroatoms. The lowest BCUT2D eigenvalue weighted by molar-refractivity contribution is -0.141.